The van der Waals surface area contributed by atoms with Crippen LogP contribution in [0, 0.1) is 0 Å². The highest BCUT2D eigenvalue weighted by atomic mass is 35.5. The van der Waals surface area contributed by atoms with E-state index in [9.17, 15) is 4.79 Å². The summed E-state index contributed by atoms with van der Waals surface area (Å²) in [6, 6.07) is 17.6. The largest absolute Gasteiger partial charge is 0.326 e. The van der Waals surface area contributed by atoms with Crippen LogP contribution < -0.4 is 0 Å². The fourth-order valence-corrected chi connectivity index (χ4v) is 3.69. The molecule has 5 heteroatoms. The molecule has 1 aliphatic heterocycles. The standard InChI is InChI=1S/C21H20ClN3O/c1-2-3-13-25-20(15-9-11-16(22)12-10-15)17-18(14-7-5-4-6-8-14)23-24-19(17)21(25)26/h4-12,20H,2-3,13H2,1H3,(H,23,24). The number of rotatable bonds is 5. The molecular weight excluding hydrogens is 346 g/mol. The highest BCUT2D eigenvalue weighted by molar-refractivity contribution is 6.30. The third-order valence-corrected chi connectivity index (χ3v) is 5.10. The molecule has 1 amide bonds. The van der Waals surface area contributed by atoms with Crippen molar-refractivity contribution in [3.63, 3.8) is 0 Å². The van der Waals surface area contributed by atoms with Crippen LogP contribution in [-0.2, 0) is 0 Å². The molecule has 1 atom stereocenters. The van der Waals surface area contributed by atoms with Crippen molar-refractivity contribution in [3.8, 4) is 11.3 Å². The lowest BCUT2D eigenvalue weighted by Crippen LogP contribution is -2.30. The lowest BCUT2D eigenvalue weighted by molar-refractivity contribution is 0.0741. The number of hydrogen-bond acceptors (Lipinski definition) is 2. The maximum absolute atomic E-state index is 13.0. The molecule has 26 heavy (non-hydrogen) atoms. The number of nitrogens with zero attached hydrogens (tertiary/aromatic N) is 2. The van der Waals surface area contributed by atoms with Crippen molar-refractivity contribution in [1.82, 2.24) is 15.1 Å². The van der Waals surface area contributed by atoms with Crippen LogP contribution in [0.2, 0.25) is 5.02 Å². The Hall–Kier alpha value is -2.59. The minimum absolute atomic E-state index is 0.0167. The Morgan fingerprint density at radius 1 is 1.12 bits per heavy atom. The van der Waals surface area contributed by atoms with E-state index in [2.05, 4.69) is 17.1 Å². The molecule has 3 aromatic rings. The number of hydrogen-bond donors (Lipinski definition) is 1. The molecule has 2 aromatic carbocycles. The molecular formula is C21H20ClN3O. The number of halogens is 1. The smallest absolute Gasteiger partial charge is 0.273 e. The molecule has 2 heterocycles. The summed E-state index contributed by atoms with van der Waals surface area (Å²) in [4.78, 5) is 15.0. The summed E-state index contributed by atoms with van der Waals surface area (Å²) in [7, 11) is 0. The van der Waals surface area contributed by atoms with Gasteiger partial charge in [0.25, 0.3) is 5.91 Å². The van der Waals surface area contributed by atoms with E-state index in [1.807, 2.05) is 59.5 Å². The second kappa shape index (κ2) is 6.96. The number of nitrogens with one attached hydrogen (secondary N) is 1. The summed E-state index contributed by atoms with van der Waals surface area (Å²) in [5, 5.41) is 8.14. The van der Waals surface area contributed by atoms with Crippen molar-refractivity contribution in [1.29, 1.82) is 0 Å². The number of carbonyl (C=O) groups is 1. The topological polar surface area (TPSA) is 49.0 Å². The summed E-state index contributed by atoms with van der Waals surface area (Å²) >= 11 is 6.07. The first-order valence-electron chi connectivity index (χ1n) is 8.90. The maximum atomic E-state index is 13.0. The Bertz CT molecular complexity index is 918. The summed E-state index contributed by atoms with van der Waals surface area (Å²) in [6.45, 7) is 2.85. The van der Waals surface area contributed by atoms with Crippen LogP contribution in [0.1, 0.15) is 47.4 Å². The van der Waals surface area contributed by atoms with Gasteiger partial charge in [-0.25, -0.2) is 0 Å². The molecule has 1 unspecified atom stereocenters. The van der Waals surface area contributed by atoms with E-state index in [4.69, 9.17) is 11.6 Å². The third-order valence-electron chi connectivity index (χ3n) is 4.85. The van der Waals surface area contributed by atoms with Gasteiger partial charge in [0.2, 0.25) is 0 Å². The quantitative estimate of drug-likeness (QED) is 0.685. The summed E-state index contributed by atoms with van der Waals surface area (Å²) in [5.41, 5.74) is 4.46. The second-order valence-corrected chi connectivity index (χ2v) is 6.97. The fraction of sp³-hybridized carbons (Fsp3) is 0.238. The van der Waals surface area contributed by atoms with Crippen molar-refractivity contribution < 1.29 is 4.79 Å². The summed E-state index contributed by atoms with van der Waals surface area (Å²) in [5.74, 6) is 0.0167. The van der Waals surface area contributed by atoms with Crippen LogP contribution in [0.3, 0.4) is 0 Å². The number of unbranched alkanes of at least 4 members (excludes halogenated alkanes) is 1. The average molecular weight is 366 g/mol. The molecule has 0 saturated heterocycles. The van der Waals surface area contributed by atoms with Gasteiger partial charge < -0.3 is 4.90 Å². The highest BCUT2D eigenvalue weighted by Crippen LogP contribution is 2.42. The predicted octanol–water partition coefficient (Wildman–Crippen LogP) is 5.08. The molecule has 0 aliphatic carbocycles. The molecule has 1 aromatic heterocycles. The van der Waals surface area contributed by atoms with Gasteiger partial charge in [0.05, 0.1) is 11.7 Å². The first-order valence-corrected chi connectivity index (χ1v) is 9.28. The number of aromatic nitrogens is 2. The van der Waals surface area contributed by atoms with E-state index >= 15 is 0 Å². The first kappa shape index (κ1) is 16.9. The number of fused-ring (bicyclic) bond motifs is 1. The minimum atomic E-state index is -0.143. The number of H-pyrrole nitrogens is 1. The van der Waals surface area contributed by atoms with Gasteiger partial charge in [-0.15, -0.1) is 0 Å². The van der Waals surface area contributed by atoms with Crippen LogP contribution >= 0.6 is 11.6 Å². The van der Waals surface area contributed by atoms with E-state index in [-0.39, 0.29) is 11.9 Å². The van der Waals surface area contributed by atoms with Crippen LogP contribution in [0.5, 0.6) is 0 Å². The van der Waals surface area contributed by atoms with Crippen LogP contribution in [0.4, 0.5) is 0 Å². The van der Waals surface area contributed by atoms with Gasteiger partial charge in [0.15, 0.2) is 0 Å². The van der Waals surface area contributed by atoms with Crippen molar-refractivity contribution in [2.24, 2.45) is 0 Å². The van der Waals surface area contributed by atoms with E-state index in [1.54, 1.807) is 0 Å². The number of amides is 1. The van der Waals surface area contributed by atoms with E-state index in [0.29, 0.717) is 10.7 Å². The number of carbonyl (C=O) groups excluding carboxylic acids is 1. The summed E-state index contributed by atoms with van der Waals surface area (Å²) < 4.78 is 0. The molecule has 1 aliphatic rings. The monoisotopic (exact) mass is 365 g/mol. The molecule has 132 valence electrons. The molecule has 0 radical (unpaired) electrons. The van der Waals surface area contributed by atoms with Crippen molar-refractivity contribution in [2.45, 2.75) is 25.8 Å². The zero-order valence-electron chi connectivity index (χ0n) is 14.6. The van der Waals surface area contributed by atoms with Crippen molar-refractivity contribution in [2.75, 3.05) is 6.54 Å². The molecule has 0 spiro atoms. The highest BCUT2D eigenvalue weighted by Gasteiger charge is 2.41. The van der Waals surface area contributed by atoms with Gasteiger partial charge in [-0.3, -0.25) is 9.89 Å². The van der Waals surface area contributed by atoms with Crippen molar-refractivity contribution >= 4 is 17.5 Å². The van der Waals surface area contributed by atoms with Gasteiger partial charge in [-0.05, 0) is 24.1 Å². The Morgan fingerprint density at radius 3 is 2.54 bits per heavy atom. The maximum Gasteiger partial charge on any atom is 0.273 e. The van der Waals surface area contributed by atoms with Gasteiger partial charge in [-0.2, -0.15) is 5.10 Å². The van der Waals surface area contributed by atoms with Gasteiger partial charge in [-0.1, -0.05) is 67.4 Å². The molecule has 0 bridgehead atoms. The number of aromatic amines is 1. The van der Waals surface area contributed by atoms with E-state index in [0.717, 1.165) is 41.8 Å². The normalized spacial score (nSPS) is 16.2. The summed E-state index contributed by atoms with van der Waals surface area (Å²) in [6.07, 6.45) is 2.00. The lowest BCUT2D eigenvalue weighted by Gasteiger charge is -2.26. The van der Waals surface area contributed by atoms with Crippen molar-refractivity contribution in [3.05, 3.63) is 76.4 Å². The molecule has 0 saturated carbocycles. The van der Waals surface area contributed by atoms with E-state index < -0.39 is 0 Å². The minimum Gasteiger partial charge on any atom is -0.326 e. The first-order chi connectivity index (χ1) is 12.7. The Labute approximate surface area is 157 Å². The van der Waals surface area contributed by atoms with Gasteiger partial charge in [0, 0.05) is 22.7 Å². The molecule has 1 N–H and O–H groups in total. The molecule has 4 nitrogen and oxygen atoms in total. The Morgan fingerprint density at radius 2 is 1.85 bits per heavy atom. The van der Waals surface area contributed by atoms with E-state index in [1.165, 1.54) is 0 Å². The van der Waals surface area contributed by atoms with Gasteiger partial charge in [0.1, 0.15) is 5.69 Å². The van der Waals surface area contributed by atoms with Crippen LogP contribution in [-0.4, -0.2) is 27.5 Å². The predicted molar refractivity (Wildman–Crippen MR) is 103 cm³/mol. The van der Waals surface area contributed by atoms with Crippen LogP contribution in [0.15, 0.2) is 54.6 Å². The lowest BCUT2D eigenvalue weighted by atomic mass is 9.96. The Kier molecular flexibility index (Phi) is 4.51. The fourth-order valence-electron chi connectivity index (χ4n) is 3.56. The molecule has 4 rings (SSSR count). The number of benzene rings is 2. The van der Waals surface area contributed by atoms with Gasteiger partial charge >= 0.3 is 0 Å². The van der Waals surface area contributed by atoms with Crippen LogP contribution in [0.25, 0.3) is 11.3 Å². The Balaban J connectivity index is 1.85. The SMILES string of the molecule is CCCCN1C(=O)c2[nH]nc(-c3ccccc3)c2C1c1ccc(Cl)cc1. The average Bonchev–Trinajstić information content (AvgIpc) is 3.21. The third kappa shape index (κ3) is 2.80. The second-order valence-electron chi connectivity index (χ2n) is 6.53. The zero-order valence-corrected chi connectivity index (χ0v) is 15.3. The molecule has 0 fully saturated rings. The zero-order chi connectivity index (χ0) is 18.1.